The number of hydrogen-bond acceptors (Lipinski definition) is 7. The normalized spacial score (nSPS) is 10.6. The predicted molar refractivity (Wildman–Crippen MR) is 147 cm³/mol. The lowest BCUT2D eigenvalue weighted by Crippen LogP contribution is -2.38. The Bertz CT molecular complexity index is 1470. The molecular formula is C25H16Br2N4O7. The monoisotopic (exact) mass is 642 g/mol. The summed E-state index contributed by atoms with van der Waals surface area (Å²) < 4.78 is 1.06. The summed E-state index contributed by atoms with van der Waals surface area (Å²) in [7, 11) is 0. The number of non-ortho nitro benzene ring substituents is 2. The maximum atomic E-state index is 14.4. The van der Waals surface area contributed by atoms with Gasteiger partial charge in [0.25, 0.3) is 11.4 Å². The van der Waals surface area contributed by atoms with E-state index in [1.54, 1.807) is 48.5 Å². The van der Waals surface area contributed by atoms with Gasteiger partial charge in [-0.3, -0.25) is 30.0 Å². The van der Waals surface area contributed by atoms with Crippen LogP contribution >= 0.6 is 31.9 Å². The number of carbonyl (C=O) groups is 1. The number of hydrogen-bond donors (Lipinski definition) is 2. The van der Waals surface area contributed by atoms with Gasteiger partial charge in [0.2, 0.25) is 0 Å². The lowest BCUT2D eigenvalue weighted by molar-refractivity contribution is -0.385. The van der Waals surface area contributed by atoms with Crippen LogP contribution < -0.4 is 9.80 Å². The Kier molecular flexibility index (Phi) is 7.60. The molecule has 2 N–H and O–H groups in total. The molecule has 0 fully saturated rings. The first kappa shape index (κ1) is 26.6. The fourth-order valence-electron chi connectivity index (χ4n) is 3.67. The van der Waals surface area contributed by atoms with E-state index in [9.17, 15) is 35.2 Å². The van der Waals surface area contributed by atoms with Gasteiger partial charge in [-0.2, -0.15) is 0 Å². The van der Waals surface area contributed by atoms with Crippen molar-refractivity contribution in [2.24, 2.45) is 0 Å². The molecule has 0 aliphatic rings. The lowest BCUT2D eigenvalue weighted by Gasteiger charge is -2.32. The molecule has 0 radical (unpaired) electrons. The van der Waals surface area contributed by atoms with Crippen LogP contribution in [0.15, 0.2) is 93.9 Å². The number of phenols is 2. The molecule has 0 bridgehead atoms. The number of amides is 2. The van der Waals surface area contributed by atoms with E-state index in [-0.39, 0.29) is 11.4 Å². The van der Waals surface area contributed by atoms with Gasteiger partial charge in [0, 0.05) is 21.1 Å². The van der Waals surface area contributed by atoms with Crippen LogP contribution in [0.5, 0.6) is 11.5 Å². The zero-order valence-corrected chi connectivity index (χ0v) is 22.2. The molecule has 0 saturated heterocycles. The molecule has 0 aromatic heterocycles. The summed E-state index contributed by atoms with van der Waals surface area (Å²) in [5.41, 5.74) is -0.516. The summed E-state index contributed by atoms with van der Waals surface area (Å²) in [5.74, 6) is -1.27. The predicted octanol–water partition coefficient (Wildman–Crippen LogP) is 7.54. The molecule has 0 unspecified atom stereocenters. The minimum atomic E-state index is -0.822. The molecular weight excluding hydrogens is 628 g/mol. The third kappa shape index (κ3) is 5.14. The second kappa shape index (κ2) is 10.9. The van der Waals surface area contributed by atoms with Crippen molar-refractivity contribution in [2.45, 2.75) is 0 Å². The van der Waals surface area contributed by atoms with E-state index in [1.165, 1.54) is 4.90 Å². The summed E-state index contributed by atoms with van der Waals surface area (Å²) in [5, 5.41) is 44.0. The van der Waals surface area contributed by atoms with Crippen LogP contribution in [0.4, 0.5) is 38.9 Å². The van der Waals surface area contributed by atoms with Gasteiger partial charge in [-0.15, -0.1) is 0 Å². The number of anilines is 4. The van der Waals surface area contributed by atoms with Crippen molar-refractivity contribution in [1.29, 1.82) is 0 Å². The van der Waals surface area contributed by atoms with E-state index >= 15 is 0 Å². The molecule has 192 valence electrons. The first-order valence-electron chi connectivity index (χ1n) is 10.7. The Morgan fingerprint density at radius 1 is 0.632 bits per heavy atom. The summed E-state index contributed by atoms with van der Waals surface area (Å²) in [4.78, 5) is 37.7. The Morgan fingerprint density at radius 3 is 1.34 bits per heavy atom. The van der Waals surface area contributed by atoms with E-state index in [0.29, 0.717) is 20.3 Å². The zero-order valence-electron chi connectivity index (χ0n) is 19.1. The number of benzene rings is 4. The van der Waals surface area contributed by atoms with Crippen LogP contribution in [-0.4, -0.2) is 26.1 Å². The average molecular weight is 644 g/mol. The average Bonchev–Trinajstić information content (AvgIpc) is 2.88. The van der Waals surface area contributed by atoms with Crippen molar-refractivity contribution in [2.75, 3.05) is 9.80 Å². The first-order valence-corrected chi connectivity index (χ1v) is 12.3. The number of phenolic OH excluding ortho intramolecular Hbond substituents is 2. The van der Waals surface area contributed by atoms with Crippen LogP contribution in [0.3, 0.4) is 0 Å². The highest BCUT2D eigenvalue weighted by Crippen LogP contribution is 2.44. The molecule has 4 aromatic carbocycles. The summed E-state index contributed by atoms with van der Waals surface area (Å²) in [6.45, 7) is 0. The number of nitro benzene ring substituents is 2. The van der Waals surface area contributed by atoms with E-state index in [4.69, 9.17) is 0 Å². The number of nitro groups is 2. The zero-order chi connectivity index (χ0) is 27.6. The molecule has 0 heterocycles. The van der Waals surface area contributed by atoms with E-state index in [2.05, 4.69) is 31.9 Å². The van der Waals surface area contributed by atoms with Gasteiger partial charge in [-0.05, 0) is 68.3 Å². The van der Waals surface area contributed by atoms with Crippen molar-refractivity contribution in [3.63, 3.8) is 0 Å². The second-order valence-electron chi connectivity index (χ2n) is 7.72. The van der Waals surface area contributed by atoms with Gasteiger partial charge in [0.15, 0.2) is 0 Å². The highest BCUT2D eigenvalue weighted by atomic mass is 79.9. The SMILES string of the molecule is O=C(N(c1ccc([N+](=O)[O-])cc1O)c1ccc([N+](=O)[O-])cc1O)N(c1ccccc1Br)c1ccccc1Br. The number of halogens is 2. The molecule has 4 rings (SSSR count). The molecule has 0 spiro atoms. The van der Waals surface area contributed by atoms with Crippen molar-refractivity contribution in [3.05, 3.63) is 114 Å². The van der Waals surface area contributed by atoms with Gasteiger partial charge in [-0.1, -0.05) is 24.3 Å². The molecule has 13 heteroatoms. The Balaban J connectivity index is 2.00. The fourth-order valence-corrected chi connectivity index (χ4v) is 4.59. The van der Waals surface area contributed by atoms with E-state index in [1.807, 2.05) is 0 Å². The Morgan fingerprint density at radius 2 is 1.00 bits per heavy atom. The summed E-state index contributed by atoms with van der Waals surface area (Å²) >= 11 is 6.90. The maximum Gasteiger partial charge on any atom is 0.338 e. The minimum Gasteiger partial charge on any atom is -0.505 e. The topological polar surface area (TPSA) is 150 Å². The maximum absolute atomic E-state index is 14.4. The molecule has 4 aromatic rings. The van der Waals surface area contributed by atoms with Crippen molar-refractivity contribution < 1.29 is 24.9 Å². The van der Waals surface area contributed by atoms with Crippen molar-refractivity contribution in [3.8, 4) is 11.5 Å². The highest BCUT2D eigenvalue weighted by Gasteiger charge is 2.33. The Hall–Kier alpha value is -4.49. The minimum absolute atomic E-state index is 0.214. The van der Waals surface area contributed by atoms with Crippen LogP contribution in [0.25, 0.3) is 0 Å². The molecule has 38 heavy (non-hydrogen) atoms. The second-order valence-corrected chi connectivity index (χ2v) is 9.43. The van der Waals surface area contributed by atoms with Crippen molar-refractivity contribution in [1.82, 2.24) is 0 Å². The first-order chi connectivity index (χ1) is 18.1. The van der Waals surface area contributed by atoms with Crippen LogP contribution in [0, 0.1) is 20.2 Å². The standard InChI is InChI=1S/C25H16Br2N4O7/c26-17-5-1-3-7-19(17)28(20-8-4-2-6-18(20)27)25(34)29(21-11-9-15(30(35)36)13-23(21)32)22-12-10-16(31(37)38)14-24(22)33/h1-14,32-33H. The number of para-hydroxylation sites is 2. The highest BCUT2D eigenvalue weighted by molar-refractivity contribution is 9.11. The number of rotatable bonds is 6. The lowest BCUT2D eigenvalue weighted by atomic mass is 10.1. The molecule has 2 amide bonds. The van der Waals surface area contributed by atoms with Crippen LogP contribution in [-0.2, 0) is 0 Å². The quantitative estimate of drug-likeness (QED) is 0.163. The molecule has 0 saturated carbocycles. The smallest absolute Gasteiger partial charge is 0.338 e. The van der Waals surface area contributed by atoms with Crippen LogP contribution in [0.2, 0.25) is 0 Å². The summed E-state index contributed by atoms with van der Waals surface area (Å²) in [6, 6.07) is 19.0. The third-order valence-corrected chi connectivity index (χ3v) is 6.73. The number of urea groups is 1. The number of aromatic hydroxyl groups is 2. The molecule has 0 atom stereocenters. The molecule has 11 nitrogen and oxygen atoms in total. The van der Waals surface area contributed by atoms with Gasteiger partial charge in [-0.25, -0.2) is 4.79 Å². The van der Waals surface area contributed by atoms with Crippen molar-refractivity contribution >= 4 is 72.0 Å². The van der Waals surface area contributed by atoms with Gasteiger partial charge < -0.3 is 10.2 Å². The third-order valence-electron chi connectivity index (χ3n) is 5.39. The van der Waals surface area contributed by atoms with Crippen LogP contribution in [0.1, 0.15) is 0 Å². The molecule has 0 aliphatic carbocycles. The number of carbonyl (C=O) groups excluding carboxylic acids is 1. The van der Waals surface area contributed by atoms with E-state index < -0.39 is 38.8 Å². The van der Waals surface area contributed by atoms with Gasteiger partial charge in [0.05, 0.1) is 44.7 Å². The van der Waals surface area contributed by atoms with Gasteiger partial charge >= 0.3 is 6.03 Å². The molecule has 0 aliphatic heterocycles. The number of nitrogens with zero attached hydrogens (tertiary/aromatic N) is 4. The Labute approximate surface area is 231 Å². The van der Waals surface area contributed by atoms with E-state index in [0.717, 1.165) is 41.3 Å². The fraction of sp³-hybridized carbons (Fsp3) is 0. The van der Waals surface area contributed by atoms with Gasteiger partial charge in [0.1, 0.15) is 11.5 Å². The largest absolute Gasteiger partial charge is 0.505 e. The summed E-state index contributed by atoms with van der Waals surface area (Å²) in [6.07, 6.45) is 0.